The number of aromatic nitrogens is 1. The zero-order valence-electron chi connectivity index (χ0n) is 18.4. The number of benzene rings is 2. The van der Waals surface area contributed by atoms with Gasteiger partial charge in [-0.2, -0.15) is 0 Å². The molecule has 0 spiro atoms. The average Bonchev–Trinajstić information content (AvgIpc) is 3.17. The Morgan fingerprint density at radius 2 is 1.78 bits per heavy atom. The number of para-hydroxylation sites is 3. The number of anilines is 1. The van der Waals surface area contributed by atoms with Gasteiger partial charge in [-0.3, -0.25) is 9.59 Å². The molecule has 0 unspecified atom stereocenters. The Balaban J connectivity index is 1.44. The number of fused-ring (bicyclic) bond motifs is 1. The molecule has 6 nitrogen and oxygen atoms in total. The van der Waals surface area contributed by atoms with Crippen molar-refractivity contribution >= 4 is 40.2 Å². The second kappa shape index (κ2) is 10.6. The summed E-state index contributed by atoms with van der Waals surface area (Å²) in [6.07, 6.45) is 5.37. The number of hydrogen-bond acceptors (Lipinski definition) is 4. The van der Waals surface area contributed by atoms with Gasteiger partial charge in [-0.1, -0.05) is 30.3 Å². The molecule has 1 saturated heterocycles. The highest BCUT2D eigenvalue weighted by Crippen LogP contribution is 2.31. The molecule has 2 amide bonds. The fraction of sp³-hybridized carbons (Fsp3) is 0.360. The lowest BCUT2D eigenvalue weighted by Crippen LogP contribution is -2.37. The van der Waals surface area contributed by atoms with Crippen molar-refractivity contribution in [2.75, 3.05) is 30.8 Å². The van der Waals surface area contributed by atoms with E-state index in [0.29, 0.717) is 24.6 Å². The zero-order chi connectivity index (χ0) is 22.3. The van der Waals surface area contributed by atoms with Gasteiger partial charge in [0.2, 0.25) is 11.8 Å². The van der Waals surface area contributed by atoms with Gasteiger partial charge < -0.3 is 19.5 Å². The number of amides is 2. The van der Waals surface area contributed by atoms with Crippen molar-refractivity contribution in [3.8, 4) is 5.75 Å². The van der Waals surface area contributed by atoms with E-state index in [4.69, 9.17) is 4.74 Å². The smallest absolute Gasteiger partial charge is 0.242 e. The van der Waals surface area contributed by atoms with Crippen LogP contribution < -0.4 is 10.1 Å². The summed E-state index contributed by atoms with van der Waals surface area (Å²) in [4.78, 5) is 28.4. The number of nitrogens with one attached hydrogen (secondary N) is 1. The molecule has 0 aliphatic carbocycles. The van der Waals surface area contributed by atoms with Gasteiger partial charge in [0.1, 0.15) is 12.3 Å². The van der Waals surface area contributed by atoms with Crippen molar-refractivity contribution in [2.45, 2.75) is 37.6 Å². The summed E-state index contributed by atoms with van der Waals surface area (Å²) in [5.74, 6) is 1.01. The van der Waals surface area contributed by atoms with Crippen LogP contribution in [-0.4, -0.2) is 46.7 Å². The van der Waals surface area contributed by atoms with Crippen LogP contribution in [0.4, 0.5) is 5.69 Å². The lowest BCUT2D eigenvalue weighted by atomic mass is 10.1. The maximum atomic E-state index is 12.8. The van der Waals surface area contributed by atoms with Gasteiger partial charge in [-0.25, -0.2) is 0 Å². The predicted molar refractivity (Wildman–Crippen MR) is 129 cm³/mol. The Labute approximate surface area is 192 Å². The first-order valence-corrected chi connectivity index (χ1v) is 12.1. The van der Waals surface area contributed by atoms with Crippen LogP contribution in [0.1, 0.15) is 26.2 Å². The average molecular weight is 452 g/mol. The molecular formula is C25H29N3O3S. The van der Waals surface area contributed by atoms with Crippen LogP contribution in [0.2, 0.25) is 0 Å². The molecule has 0 bridgehead atoms. The van der Waals surface area contributed by atoms with Crippen LogP contribution in [0.15, 0.2) is 59.6 Å². The normalized spacial score (nSPS) is 13.8. The zero-order valence-corrected chi connectivity index (χ0v) is 19.2. The van der Waals surface area contributed by atoms with E-state index >= 15 is 0 Å². The van der Waals surface area contributed by atoms with E-state index in [1.165, 1.54) is 18.2 Å². The molecule has 4 rings (SSSR count). The second-order valence-electron chi connectivity index (χ2n) is 7.85. The van der Waals surface area contributed by atoms with E-state index in [-0.39, 0.29) is 17.6 Å². The molecule has 1 aliphatic rings. The summed E-state index contributed by atoms with van der Waals surface area (Å²) in [6, 6.07) is 15.5. The first-order valence-electron chi connectivity index (χ1n) is 11.2. The molecule has 2 heterocycles. The molecule has 1 aliphatic heterocycles. The summed E-state index contributed by atoms with van der Waals surface area (Å²) in [5, 5.41) is 4.00. The summed E-state index contributed by atoms with van der Waals surface area (Å²) < 4.78 is 7.60. The van der Waals surface area contributed by atoms with Crippen molar-refractivity contribution < 1.29 is 14.3 Å². The van der Waals surface area contributed by atoms with Crippen molar-refractivity contribution in [2.24, 2.45) is 0 Å². The Morgan fingerprint density at radius 1 is 1.03 bits per heavy atom. The van der Waals surface area contributed by atoms with E-state index in [0.717, 1.165) is 41.7 Å². The van der Waals surface area contributed by atoms with Gasteiger partial charge >= 0.3 is 0 Å². The van der Waals surface area contributed by atoms with E-state index < -0.39 is 0 Å². The first-order chi connectivity index (χ1) is 15.7. The van der Waals surface area contributed by atoms with Crippen LogP contribution in [0, 0.1) is 0 Å². The number of ether oxygens (including phenoxy) is 1. The number of carbonyl (C=O) groups excluding carboxylic acids is 2. The molecule has 0 saturated carbocycles. The molecule has 3 aromatic rings. The molecule has 1 fully saturated rings. The number of likely N-dealkylation sites (tertiary alicyclic amines) is 1. The number of thioether (sulfide) groups is 1. The number of carbonyl (C=O) groups is 2. The number of piperidine rings is 1. The van der Waals surface area contributed by atoms with Crippen molar-refractivity contribution in [1.29, 1.82) is 0 Å². The number of rotatable bonds is 8. The van der Waals surface area contributed by atoms with Gasteiger partial charge in [0.05, 0.1) is 18.0 Å². The van der Waals surface area contributed by atoms with E-state index in [2.05, 4.69) is 5.32 Å². The molecule has 0 atom stereocenters. The van der Waals surface area contributed by atoms with Gasteiger partial charge in [0.25, 0.3) is 0 Å². The minimum atomic E-state index is -0.0941. The van der Waals surface area contributed by atoms with Gasteiger partial charge in [0.15, 0.2) is 0 Å². The fourth-order valence-electron chi connectivity index (χ4n) is 4.03. The van der Waals surface area contributed by atoms with Crippen LogP contribution in [0.5, 0.6) is 5.75 Å². The summed E-state index contributed by atoms with van der Waals surface area (Å²) in [5.41, 5.74) is 1.69. The lowest BCUT2D eigenvalue weighted by molar-refractivity contribution is -0.132. The summed E-state index contributed by atoms with van der Waals surface area (Å²) in [7, 11) is 0. The van der Waals surface area contributed by atoms with E-state index in [1.807, 2.05) is 71.1 Å². The van der Waals surface area contributed by atoms with Gasteiger partial charge in [-0.15, -0.1) is 11.8 Å². The Kier molecular flexibility index (Phi) is 7.37. The molecule has 1 aromatic heterocycles. The van der Waals surface area contributed by atoms with Crippen LogP contribution in [-0.2, 0) is 16.1 Å². The van der Waals surface area contributed by atoms with Crippen LogP contribution in [0.25, 0.3) is 10.9 Å². The summed E-state index contributed by atoms with van der Waals surface area (Å²) >= 11 is 1.48. The van der Waals surface area contributed by atoms with Crippen molar-refractivity contribution in [3.05, 3.63) is 54.7 Å². The highest BCUT2D eigenvalue weighted by molar-refractivity contribution is 8.00. The highest BCUT2D eigenvalue weighted by Gasteiger charge is 2.19. The van der Waals surface area contributed by atoms with Crippen LogP contribution >= 0.6 is 11.8 Å². The molecule has 168 valence electrons. The fourth-order valence-corrected chi connectivity index (χ4v) is 4.92. The number of hydrogen-bond donors (Lipinski definition) is 1. The Morgan fingerprint density at radius 3 is 2.59 bits per heavy atom. The SMILES string of the molecule is CCOc1ccccc1NC(=O)CSc1cn(CC(=O)N2CCCCC2)c2ccccc12. The maximum Gasteiger partial charge on any atom is 0.242 e. The van der Waals surface area contributed by atoms with Gasteiger partial charge in [-0.05, 0) is 44.4 Å². The standard InChI is InChI=1S/C25H29N3O3S/c1-2-31-22-13-7-5-11-20(22)26-24(29)18-32-23-16-28(21-12-6-4-10-19(21)23)17-25(30)27-14-8-3-9-15-27/h4-7,10-13,16H,2-3,8-9,14-15,17-18H2,1H3,(H,26,29). The topological polar surface area (TPSA) is 63.6 Å². The minimum absolute atomic E-state index is 0.0941. The molecular weight excluding hydrogens is 422 g/mol. The third-order valence-electron chi connectivity index (χ3n) is 5.59. The molecule has 2 aromatic carbocycles. The second-order valence-corrected chi connectivity index (χ2v) is 8.86. The third kappa shape index (κ3) is 5.27. The molecule has 0 radical (unpaired) electrons. The lowest BCUT2D eigenvalue weighted by Gasteiger charge is -2.27. The van der Waals surface area contributed by atoms with Crippen LogP contribution in [0.3, 0.4) is 0 Å². The van der Waals surface area contributed by atoms with Crippen molar-refractivity contribution in [3.63, 3.8) is 0 Å². The largest absolute Gasteiger partial charge is 0.492 e. The van der Waals surface area contributed by atoms with E-state index in [1.54, 1.807) is 0 Å². The maximum absolute atomic E-state index is 12.8. The summed E-state index contributed by atoms with van der Waals surface area (Å²) in [6.45, 7) is 4.48. The predicted octanol–water partition coefficient (Wildman–Crippen LogP) is 4.78. The van der Waals surface area contributed by atoms with Gasteiger partial charge in [0, 0.05) is 35.1 Å². The quantitative estimate of drug-likeness (QED) is 0.501. The third-order valence-corrected chi connectivity index (χ3v) is 6.63. The Hall–Kier alpha value is -2.93. The monoisotopic (exact) mass is 451 g/mol. The molecule has 1 N–H and O–H groups in total. The highest BCUT2D eigenvalue weighted by atomic mass is 32.2. The first kappa shape index (κ1) is 22.3. The Bertz CT molecular complexity index is 1090. The molecule has 32 heavy (non-hydrogen) atoms. The number of nitrogens with zero attached hydrogens (tertiary/aromatic N) is 2. The van der Waals surface area contributed by atoms with E-state index in [9.17, 15) is 9.59 Å². The molecule has 7 heteroatoms. The minimum Gasteiger partial charge on any atom is -0.492 e. The van der Waals surface area contributed by atoms with Crippen molar-refractivity contribution in [1.82, 2.24) is 9.47 Å².